The number of hydrogen-bond donors (Lipinski definition) is 1. The van der Waals surface area contributed by atoms with E-state index in [2.05, 4.69) is 11.4 Å². The zero-order valence-electron chi connectivity index (χ0n) is 16.0. The summed E-state index contributed by atoms with van der Waals surface area (Å²) < 4.78 is 7.27. The lowest BCUT2D eigenvalue weighted by molar-refractivity contribution is -0.136. The summed E-state index contributed by atoms with van der Waals surface area (Å²) in [5.41, 5.74) is 1.08. The molecule has 1 aromatic heterocycles. The van der Waals surface area contributed by atoms with Gasteiger partial charge in [0.05, 0.1) is 0 Å². The minimum atomic E-state index is 0.00792. The van der Waals surface area contributed by atoms with Crippen LogP contribution >= 0.6 is 0 Å². The molecule has 1 fully saturated rings. The van der Waals surface area contributed by atoms with Crippen molar-refractivity contribution >= 4 is 22.7 Å². The number of nitrogens with one attached hydrogen (secondary N) is 1. The average Bonchev–Trinajstić information content (AvgIpc) is 3.11. The van der Waals surface area contributed by atoms with Crippen LogP contribution in [0.3, 0.4) is 0 Å². The van der Waals surface area contributed by atoms with Gasteiger partial charge in [0, 0.05) is 50.5 Å². The second kappa shape index (κ2) is 9.55. The third-order valence-corrected chi connectivity index (χ3v) is 5.17. The molecule has 2 amide bonds. The Morgan fingerprint density at radius 3 is 2.74 bits per heavy atom. The number of nitrogens with zero attached hydrogens (tertiary/aromatic N) is 2. The highest BCUT2D eigenvalue weighted by atomic mass is 16.5. The van der Waals surface area contributed by atoms with Gasteiger partial charge in [0.15, 0.2) is 0 Å². The second-order valence-corrected chi connectivity index (χ2v) is 7.00. The monoisotopic (exact) mass is 371 g/mol. The van der Waals surface area contributed by atoms with E-state index < -0.39 is 0 Å². The maximum Gasteiger partial charge on any atom is 0.242 e. The van der Waals surface area contributed by atoms with Crippen molar-refractivity contribution in [1.82, 2.24) is 14.8 Å². The Kier molecular flexibility index (Phi) is 6.87. The lowest BCUT2D eigenvalue weighted by Gasteiger charge is -2.31. The number of benzene rings is 1. The van der Waals surface area contributed by atoms with Crippen LogP contribution in [0.4, 0.5) is 0 Å². The molecular weight excluding hydrogens is 342 g/mol. The molecule has 146 valence electrons. The molecule has 2 aromatic rings. The fourth-order valence-corrected chi connectivity index (χ4v) is 3.59. The van der Waals surface area contributed by atoms with Gasteiger partial charge in [-0.2, -0.15) is 0 Å². The Labute approximate surface area is 160 Å². The fraction of sp³-hybridized carbons (Fsp3) is 0.524. The minimum absolute atomic E-state index is 0.00792. The normalized spacial score (nSPS) is 15.2. The van der Waals surface area contributed by atoms with Crippen molar-refractivity contribution in [3.05, 3.63) is 36.5 Å². The molecule has 0 bridgehead atoms. The first-order valence-corrected chi connectivity index (χ1v) is 9.86. The van der Waals surface area contributed by atoms with E-state index in [0.29, 0.717) is 39.4 Å². The Balaban J connectivity index is 1.43. The number of rotatable bonds is 8. The van der Waals surface area contributed by atoms with Crippen LogP contribution in [0.2, 0.25) is 0 Å². The van der Waals surface area contributed by atoms with Gasteiger partial charge in [0.2, 0.25) is 11.8 Å². The maximum atomic E-state index is 12.6. The second-order valence-electron chi connectivity index (χ2n) is 7.00. The van der Waals surface area contributed by atoms with Crippen molar-refractivity contribution in [3.63, 3.8) is 0 Å². The molecule has 1 aliphatic heterocycles. The van der Waals surface area contributed by atoms with Crippen molar-refractivity contribution in [1.29, 1.82) is 0 Å². The molecule has 6 heteroatoms. The Bertz CT molecular complexity index is 763. The largest absolute Gasteiger partial charge is 0.382 e. The summed E-state index contributed by atoms with van der Waals surface area (Å²) in [6.45, 7) is 5.65. The molecule has 1 N–H and O–H groups in total. The summed E-state index contributed by atoms with van der Waals surface area (Å²) in [5, 5.41) is 4.13. The number of aromatic nitrogens is 1. The van der Waals surface area contributed by atoms with Crippen LogP contribution < -0.4 is 5.32 Å². The molecule has 27 heavy (non-hydrogen) atoms. The highest BCUT2D eigenvalue weighted by Crippen LogP contribution is 2.19. The van der Waals surface area contributed by atoms with E-state index in [1.807, 2.05) is 46.9 Å². The minimum Gasteiger partial charge on any atom is -0.382 e. The third kappa shape index (κ3) is 5.10. The summed E-state index contributed by atoms with van der Waals surface area (Å²) in [7, 11) is 0. The number of hydrogen-bond acceptors (Lipinski definition) is 3. The van der Waals surface area contributed by atoms with Crippen LogP contribution in [0.15, 0.2) is 36.5 Å². The molecule has 1 saturated heterocycles. The van der Waals surface area contributed by atoms with Crippen LogP contribution in [0.1, 0.15) is 26.2 Å². The Hall–Kier alpha value is -2.34. The first kappa shape index (κ1) is 19.4. The van der Waals surface area contributed by atoms with Crippen LogP contribution in [0.5, 0.6) is 0 Å². The van der Waals surface area contributed by atoms with E-state index in [-0.39, 0.29) is 17.7 Å². The predicted octanol–water partition coefficient (Wildman–Crippen LogP) is 2.42. The Morgan fingerprint density at radius 2 is 1.96 bits per heavy atom. The van der Waals surface area contributed by atoms with Gasteiger partial charge in [0.25, 0.3) is 0 Å². The molecule has 0 saturated carbocycles. The summed E-state index contributed by atoms with van der Waals surface area (Å²) in [5.74, 6) is 0.232. The number of likely N-dealkylation sites (tertiary alicyclic amines) is 1. The molecule has 0 spiro atoms. The molecule has 1 aliphatic rings. The standard InChI is InChI=1S/C21H29N3O3/c1-2-27-15-5-11-22-21(26)18-9-12-23(13-10-18)20(25)16-24-14-8-17-6-3-4-7-19(17)24/h3-4,6-8,14,18H,2,5,9-13,15-16H2,1H3,(H,22,26). The Morgan fingerprint density at radius 1 is 1.19 bits per heavy atom. The molecule has 3 rings (SSSR count). The van der Waals surface area contributed by atoms with Gasteiger partial charge < -0.3 is 19.5 Å². The van der Waals surface area contributed by atoms with Crippen molar-refractivity contribution in [3.8, 4) is 0 Å². The first-order valence-electron chi connectivity index (χ1n) is 9.86. The van der Waals surface area contributed by atoms with Crippen molar-refractivity contribution in [2.24, 2.45) is 5.92 Å². The predicted molar refractivity (Wildman–Crippen MR) is 105 cm³/mol. The van der Waals surface area contributed by atoms with Crippen LogP contribution in [-0.2, 0) is 20.9 Å². The molecule has 0 radical (unpaired) electrons. The molecule has 1 aromatic carbocycles. The molecule has 6 nitrogen and oxygen atoms in total. The zero-order chi connectivity index (χ0) is 19.1. The maximum absolute atomic E-state index is 12.6. The van der Waals surface area contributed by atoms with E-state index in [1.54, 1.807) is 0 Å². The van der Waals surface area contributed by atoms with Crippen molar-refractivity contribution in [2.75, 3.05) is 32.8 Å². The molecule has 0 aliphatic carbocycles. The van der Waals surface area contributed by atoms with Gasteiger partial charge in [-0.25, -0.2) is 0 Å². The van der Waals surface area contributed by atoms with Gasteiger partial charge in [-0.1, -0.05) is 18.2 Å². The van der Waals surface area contributed by atoms with Crippen LogP contribution in [0, 0.1) is 5.92 Å². The number of ether oxygens (including phenoxy) is 1. The quantitative estimate of drug-likeness (QED) is 0.725. The summed E-state index contributed by atoms with van der Waals surface area (Å²) in [4.78, 5) is 26.8. The number of carbonyl (C=O) groups is 2. The SMILES string of the molecule is CCOCCCNC(=O)C1CCN(C(=O)Cn2ccc3ccccc32)CC1. The zero-order valence-corrected chi connectivity index (χ0v) is 16.0. The summed E-state index contributed by atoms with van der Waals surface area (Å²) >= 11 is 0. The van der Waals surface area contributed by atoms with Crippen molar-refractivity contribution < 1.29 is 14.3 Å². The molecule has 0 atom stereocenters. The van der Waals surface area contributed by atoms with E-state index in [4.69, 9.17) is 4.74 Å². The first-order chi connectivity index (χ1) is 13.2. The number of piperidine rings is 1. The third-order valence-electron chi connectivity index (χ3n) is 5.17. The van der Waals surface area contributed by atoms with Gasteiger partial charge >= 0.3 is 0 Å². The smallest absolute Gasteiger partial charge is 0.242 e. The van der Waals surface area contributed by atoms with Gasteiger partial charge in [-0.15, -0.1) is 0 Å². The number of carbonyl (C=O) groups excluding carboxylic acids is 2. The topological polar surface area (TPSA) is 63.6 Å². The van der Waals surface area contributed by atoms with E-state index >= 15 is 0 Å². The van der Waals surface area contributed by atoms with Crippen LogP contribution in [0.25, 0.3) is 10.9 Å². The molecule has 2 heterocycles. The van der Waals surface area contributed by atoms with Gasteiger partial charge in [-0.05, 0) is 43.7 Å². The summed E-state index contributed by atoms with van der Waals surface area (Å²) in [6.07, 6.45) is 4.26. The van der Waals surface area contributed by atoms with Gasteiger partial charge in [0.1, 0.15) is 6.54 Å². The highest BCUT2D eigenvalue weighted by molar-refractivity contribution is 5.83. The fourth-order valence-electron chi connectivity index (χ4n) is 3.59. The lowest BCUT2D eigenvalue weighted by Crippen LogP contribution is -2.44. The van der Waals surface area contributed by atoms with Gasteiger partial charge in [-0.3, -0.25) is 9.59 Å². The number of para-hydroxylation sites is 1. The number of amides is 2. The van der Waals surface area contributed by atoms with Crippen molar-refractivity contribution in [2.45, 2.75) is 32.7 Å². The van der Waals surface area contributed by atoms with E-state index in [9.17, 15) is 9.59 Å². The lowest BCUT2D eigenvalue weighted by atomic mass is 9.96. The van der Waals surface area contributed by atoms with E-state index in [1.165, 1.54) is 0 Å². The highest BCUT2D eigenvalue weighted by Gasteiger charge is 2.27. The number of fused-ring (bicyclic) bond motifs is 1. The molecular formula is C21H29N3O3. The van der Waals surface area contributed by atoms with E-state index in [0.717, 1.165) is 30.2 Å². The summed E-state index contributed by atoms with van der Waals surface area (Å²) in [6, 6.07) is 10.1. The average molecular weight is 371 g/mol. The molecule has 0 unspecified atom stereocenters. The van der Waals surface area contributed by atoms with Crippen LogP contribution in [-0.4, -0.2) is 54.1 Å².